The fourth-order valence-corrected chi connectivity index (χ4v) is 6.16. The molecule has 7 rings (SSSR count). The van der Waals surface area contributed by atoms with Gasteiger partial charge in [0.15, 0.2) is 11.5 Å². The van der Waals surface area contributed by atoms with Crippen molar-refractivity contribution in [1.82, 2.24) is 29.2 Å². The number of nitrogens with one attached hydrogen (secondary N) is 1. The first-order valence-electron chi connectivity index (χ1n) is 14.9. The summed E-state index contributed by atoms with van der Waals surface area (Å²) in [7, 11) is 2.16. The monoisotopic (exact) mass is 553 g/mol. The lowest BCUT2D eigenvalue weighted by molar-refractivity contribution is 0.0734. The molecule has 10 nitrogen and oxygen atoms in total. The number of anilines is 3. The first-order valence-corrected chi connectivity index (χ1v) is 14.4. The van der Waals surface area contributed by atoms with Crippen molar-refractivity contribution in [3.05, 3.63) is 76.9 Å². The van der Waals surface area contributed by atoms with Gasteiger partial charge in [0.2, 0.25) is 5.95 Å². The highest BCUT2D eigenvalue weighted by Gasteiger charge is 2.52. The summed E-state index contributed by atoms with van der Waals surface area (Å²) >= 11 is 0. The summed E-state index contributed by atoms with van der Waals surface area (Å²) in [4.78, 5) is 32.2. The molecule has 1 aromatic carbocycles. The van der Waals surface area contributed by atoms with Crippen molar-refractivity contribution in [2.45, 2.75) is 51.3 Å². The van der Waals surface area contributed by atoms with Gasteiger partial charge in [-0.15, -0.1) is 6.58 Å². The molecule has 1 saturated heterocycles. The molecule has 4 heterocycles. The molecule has 2 aliphatic carbocycles. The van der Waals surface area contributed by atoms with Gasteiger partial charge in [0.05, 0.1) is 13.6 Å². The van der Waals surface area contributed by atoms with Crippen LogP contribution < -0.4 is 15.8 Å². The number of rotatable bonds is 6. The standard InChI is InChI=1S/C31H36N8O2/c1-4-15-38-29(41)24-18-32-30(33-22-6-8-23(9-7-22)37-17-16-36(3)20(2)19-37)35-28(24)39(38)25-10-5-21-11-12-31(13-14-31)27(40)26(21)34-25/h4-10,18,20,27,40H,1,11-17,19H2,2-3H3,(H,32,33,35)/t20-,27?/m0/s1/i27D. The lowest BCUT2D eigenvalue weighted by atomic mass is 9.82. The Morgan fingerprint density at radius 3 is 2.71 bits per heavy atom. The molecule has 4 aromatic rings. The van der Waals surface area contributed by atoms with E-state index in [0.29, 0.717) is 34.5 Å². The number of hydrogen-bond acceptors (Lipinski definition) is 8. The number of aryl methyl sites for hydroxylation is 1. The molecule has 0 bridgehead atoms. The highest BCUT2D eigenvalue weighted by Crippen LogP contribution is 2.60. The number of aliphatic hydroxyl groups is 1. The van der Waals surface area contributed by atoms with E-state index in [9.17, 15) is 9.90 Å². The topological polar surface area (TPSA) is 104 Å². The van der Waals surface area contributed by atoms with Gasteiger partial charge < -0.3 is 20.2 Å². The van der Waals surface area contributed by atoms with Crippen molar-refractivity contribution in [2.75, 3.05) is 36.9 Å². The molecule has 1 aliphatic heterocycles. The van der Waals surface area contributed by atoms with Gasteiger partial charge in [-0.1, -0.05) is 12.1 Å². The van der Waals surface area contributed by atoms with E-state index in [4.69, 9.17) is 11.3 Å². The van der Waals surface area contributed by atoms with Crippen LogP contribution in [0.4, 0.5) is 17.3 Å². The predicted octanol–water partition coefficient (Wildman–Crippen LogP) is 3.81. The van der Waals surface area contributed by atoms with E-state index in [2.05, 4.69) is 52.8 Å². The molecular formula is C31H36N8O2. The Morgan fingerprint density at radius 1 is 1.17 bits per heavy atom. The number of pyridine rings is 1. The highest BCUT2D eigenvalue weighted by molar-refractivity contribution is 5.77. The Bertz CT molecular complexity index is 1740. The number of fused-ring (bicyclic) bond motifs is 2. The Morgan fingerprint density at radius 2 is 1.98 bits per heavy atom. The molecule has 0 radical (unpaired) electrons. The quantitative estimate of drug-likeness (QED) is 0.348. The minimum atomic E-state index is -1.76. The zero-order valence-corrected chi connectivity index (χ0v) is 23.5. The van der Waals surface area contributed by atoms with E-state index < -0.39 is 11.5 Å². The number of aromatic nitrogens is 5. The van der Waals surface area contributed by atoms with E-state index >= 15 is 0 Å². The van der Waals surface area contributed by atoms with Crippen molar-refractivity contribution in [3.63, 3.8) is 0 Å². The van der Waals surface area contributed by atoms with Gasteiger partial charge >= 0.3 is 0 Å². The van der Waals surface area contributed by atoms with Crippen LogP contribution in [-0.2, 0) is 13.0 Å². The molecule has 0 amide bonds. The van der Waals surface area contributed by atoms with Crippen LogP contribution in [0.1, 0.15) is 44.9 Å². The number of allylic oxidation sites excluding steroid dienone is 1. The van der Waals surface area contributed by atoms with E-state index in [-0.39, 0.29) is 12.1 Å². The second-order valence-electron chi connectivity index (χ2n) is 11.7. The fourth-order valence-electron chi connectivity index (χ4n) is 6.16. The number of benzene rings is 1. The van der Waals surface area contributed by atoms with Crippen molar-refractivity contribution < 1.29 is 6.48 Å². The molecule has 2 atom stereocenters. The number of nitrogens with zero attached hydrogens (tertiary/aromatic N) is 7. The summed E-state index contributed by atoms with van der Waals surface area (Å²) in [6.07, 6.45) is 4.61. The summed E-state index contributed by atoms with van der Waals surface area (Å²) in [6.45, 7) is 9.31. The van der Waals surface area contributed by atoms with Crippen molar-refractivity contribution in [1.29, 1.82) is 0 Å². The van der Waals surface area contributed by atoms with E-state index in [1.165, 1.54) is 16.6 Å². The average molecular weight is 554 g/mol. The fraction of sp³-hybridized carbons (Fsp3) is 0.419. The lowest BCUT2D eigenvalue weighted by Crippen LogP contribution is -2.50. The first-order chi connectivity index (χ1) is 20.2. The molecule has 3 aromatic heterocycles. The normalized spacial score (nSPS) is 23.8. The molecule has 1 unspecified atom stereocenters. The van der Waals surface area contributed by atoms with Crippen LogP contribution in [0.5, 0.6) is 0 Å². The number of likely N-dealkylation sites (N-methyl/N-ethyl adjacent to an activating group) is 1. The van der Waals surface area contributed by atoms with Gasteiger partial charge in [-0.3, -0.25) is 4.79 Å². The Labute approximate surface area is 240 Å². The van der Waals surface area contributed by atoms with Crippen LogP contribution >= 0.6 is 0 Å². The summed E-state index contributed by atoms with van der Waals surface area (Å²) in [5, 5.41) is 14.9. The molecule has 3 aliphatic rings. The molecule has 2 N–H and O–H groups in total. The smallest absolute Gasteiger partial charge is 0.278 e. The van der Waals surface area contributed by atoms with Crippen LogP contribution in [0.3, 0.4) is 0 Å². The Balaban J connectivity index is 1.24. The van der Waals surface area contributed by atoms with Gasteiger partial charge in [0.1, 0.15) is 11.5 Å². The van der Waals surface area contributed by atoms with Crippen LogP contribution in [0.25, 0.3) is 16.9 Å². The SMILES string of the molecule is [2H]C1(O)c2nc(-n3c4nc(Nc5ccc(N6CCN(C)[C@@H](C)C6)cc5)ncc4c(=O)n3CC=C)ccc2CCC12CC2. The summed E-state index contributed by atoms with van der Waals surface area (Å²) < 4.78 is 12.0. The molecule has 212 valence electrons. The van der Waals surface area contributed by atoms with Crippen molar-refractivity contribution in [3.8, 4) is 5.82 Å². The minimum absolute atomic E-state index is 0.234. The van der Waals surface area contributed by atoms with E-state index in [1.54, 1.807) is 10.8 Å². The second kappa shape index (κ2) is 9.81. The van der Waals surface area contributed by atoms with Crippen LogP contribution in [-0.4, -0.2) is 67.0 Å². The third-order valence-electron chi connectivity index (χ3n) is 9.06. The van der Waals surface area contributed by atoms with Gasteiger partial charge in [-0.05, 0) is 75.5 Å². The minimum Gasteiger partial charge on any atom is -0.386 e. The van der Waals surface area contributed by atoms with E-state index in [0.717, 1.165) is 56.6 Å². The number of hydrogen-bond donors (Lipinski definition) is 2. The van der Waals surface area contributed by atoms with Gasteiger partial charge in [-0.2, -0.15) is 4.98 Å². The largest absolute Gasteiger partial charge is 0.386 e. The maximum Gasteiger partial charge on any atom is 0.278 e. The maximum absolute atomic E-state index is 13.4. The third-order valence-corrected chi connectivity index (χ3v) is 9.06. The van der Waals surface area contributed by atoms with Gasteiger partial charge in [-0.25, -0.2) is 19.3 Å². The summed E-state index contributed by atoms with van der Waals surface area (Å²) in [5.41, 5.74) is 2.94. The van der Waals surface area contributed by atoms with Crippen LogP contribution in [0, 0.1) is 5.41 Å². The maximum atomic E-state index is 13.4. The van der Waals surface area contributed by atoms with Crippen LogP contribution in [0.15, 0.2) is 60.0 Å². The third kappa shape index (κ3) is 4.42. The molecule has 41 heavy (non-hydrogen) atoms. The molecular weight excluding hydrogens is 516 g/mol. The van der Waals surface area contributed by atoms with Crippen molar-refractivity contribution >= 4 is 28.4 Å². The average Bonchev–Trinajstić information content (AvgIpc) is 3.73. The zero-order valence-electron chi connectivity index (χ0n) is 24.5. The van der Waals surface area contributed by atoms with E-state index in [1.807, 2.05) is 24.3 Å². The molecule has 2 fully saturated rings. The lowest BCUT2D eigenvalue weighted by Gasteiger charge is -2.39. The summed E-state index contributed by atoms with van der Waals surface area (Å²) in [6, 6.07) is 12.4. The van der Waals surface area contributed by atoms with Gasteiger partial charge in [0, 0.05) is 48.7 Å². The van der Waals surface area contributed by atoms with Crippen LogP contribution in [0.2, 0.25) is 0 Å². The Hall–Kier alpha value is -4.02. The summed E-state index contributed by atoms with van der Waals surface area (Å²) in [5.74, 6) is 0.765. The molecule has 1 spiro atoms. The first kappa shape index (κ1) is 24.8. The number of piperazine rings is 1. The highest BCUT2D eigenvalue weighted by atomic mass is 16.3. The van der Waals surface area contributed by atoms with Crippen molar-refractivity contribution in [2.24, 2.45) is 5.41 Å². The Kier molecular flexibility index (Phi) is 5.92. The predicted molar refractivity (Wildman–Crippen MR) is 160 cm³/mol. The molecule has 10 heteroatoms. The molecule has 1 saturated carbocycles. The zero-order chi connectivity index (χ0) is 29.2. The van der Waals surface area contributed by atoms with Gasteiger partial charge in [0.25, 0.3) is 5.56 Å². The second-order valence-corrected chi connectivity index (χ2v) is 11.7.